The predicted molar refractivity (Wildman–Crippen MR) is 103 cm³/mol. The zero-order chi connectivity index (χ0) is 19.6. The Bertz CT molecular complexity index is 1100. The van der Waals surface area contributed by atoms with Gasteiger partial charge in [0.1, 0.15) is 17.3 Å². The molecule has 0 bridgehead atoms. The molecule has 27 heavy (non-hydrogen) atoms. The molecule has 0 amide bonds. The third-order valence-electron chi connectivity index (χ3n) is 4.42. The number of sulfonamides is 1. The van der Waals surface area contributed by atoms with Crippen LogP contribution in [0.1, 0.15) is 38.1 Å². The minimum Gasteiger partial charge on any atom is -0.285 e. The van der Waals surface area contributed by atoms with E-state index in [9.17, 15) is 13.7 Å². The molecule has 3 aromatic rings. The van der Waals surface area contributed by atoms with Gasteiger partial charge < -0.3 is 0 Å². The number of benzene rings is 1. The maximum Gasteiger partial charge on any atom is 0.269 e. The molecule has 0 spiro atoms. The van der Waals surface area contributed by atoms with Crippen molar-refractivity contribution in [1.82, 2.24) is 14.6 Å². The lowest BCUT2D eigenvalue weighted by atomic mass is 10.0. The number of fused-ring (bicyclic) bond motifs is 1. The summed E-state index contributed by atoms with van der Waals surface area (Å²) in [7, 11) is -3.98. The van der Waals surface area contributed by atoms with Gasteiger partial charge >= 0.3 is 0 Å². The third kappa shape index (κ3) is 3.38. The molecule has 0 aliphatic carbocycles. The summed E-state index contributed by atoms with van der Waals surface area (Å²) in [6.07, 6.45) is 2.36. The van der Waals surface area contributed by atoms with Gasteiger partial charge in [-0.05, 0) is 35.7 Å². The molecule has 2 heterocycles. The molecule has 7 nitrogen and oxygen atoms in total. The average Bonchev–Trinajstić information content (AvgIpc) is 3.09. The highest BCUT2D eigenvalue weighted by atomic mass is 32.2. The smallest absolute Gasteiger partial charge is 0.269 e. The minimum atomic E-state index is -3.98. The van der Waals surface area contributed by atoms with Crippen molar-refractivity contribution in [1.29, 1.82) is 5.26 Å². The monoisotopic (exact) mass is 383 g/mol. The zero-order valence-corrected chi connectivity index (χ0v) is 16.3. The van der Waals surface area contributed by atoms with E-state index in [4.69, 9.17) is 0 Å². The maximum atomic E-state index is 13.3. The van der Waals surface area contributed by atoms with E-state index < -0.39 is 10.0 Å². The van der Waals surface area contributed by atoms with Crippen LogP contribution in [0.5, 0.6) is 0 Å². The van der Waals surface area contributed by atoms with E-state index in [1.54, 1.807) is 28.8 Å². The fourth-order valence-corrected chi connectivity index (χ4v) is 4.39. The highest BCUT2D eigenvalue weighted by molar-refractivity contribution is 7.93. The van der Waals surface area contributed by atoms with Crippen molar-refractivity contribution in [3.63, 3.8) is 0 Å². The van der Waals surface area contributed by atoms with Gasteiger partial charge in [0.05, 0.1) is 11.8 Å². The Morgan fingerprint density at radius 3 is 2.48 bits per heavy atom. The van der Waals surface area contributed by atoms with Gasteiger partial charge in [0.2, 0.25) is 0 Å². The van der Waals surface area contributed by atoms with Crippen molar-refractivity contribution in [3.8, 4) is 6.07 Å². The van der Waals surface area contributed by atoms with Crippen molar-refractivity contribution in [2.24, 2.45) is 0 Å². The Labute approximate surface area is 158 Å². The number of anilines is 1. The standard InChI is InChI=1S/C19H21N5O2S/c1-4-18-21-22-19-17(6-5-12-23(18)19)27(25,26)24(13-11-20)16-9-7-15(8-10-16)14(2)3/h5-10,12,14H,4,13H2,1-3H3. The second-order valence-electron chi connectivity index (χ2n) is 6.45. The van der Waals surface area contributed by atoms with Gasteiger partial charge in [-0.1, -0.05) is 32.9 Å². The fourth-order valence-electron chi connectivity index (χ4n) is 2.91. The summed E-state index contributed by atoms with van der Waals surface area (Å²) in [5, 5.41) is 17.3. The summed E-state index contributed by atoms with van der Waals surface area (Å²) in [4.78, 5) is 0.0281. The van der Waals surface area contributed by atoms with Gasteiger partial charge in [-0.15, -0.1) is 10.2 Å². The summed E-state index contributed by atoms with van der Waals surface area (Å²) < 4.78 is 29.5. The van der Waals surface area contributed by atoms with Crippen molar-refractivity contribution in [2.45, 2.75) is 38.0 Å². The molecule has 140 valence electrons. The van der Waals surface area contributed by atoms with E-state index in [0.717, 1.165) is 9.87 Å². The van der Waals surface area contributed by atoms with E-state index in [1.165, 1.54) is 6.07 Å². The van der Waals surface area contributed by atoms with Gasteiger partial charge in [0, 0.05) is 12.6 Å². The first kappa shape index (κ1) is 18.9. The molecule has 8 heteroatoms. The second-order valence-corrected chi connectivity index (χ2v) is 8.28. The molecule has 0 radical (unpaired) electrons. The molecule has 0 aliphatic heterocycles. The highest BCUT2D eigenvalue weighted by Crippen LogP contribution is 2.27. The molecule has 0 atom stereocenters. The molecule has 0 aliphatic rings. The maximum absolute atomic E-state index is 13.3. The molecular formula is C19H21N5O2S. The Hall–Kier alpha value is -2.92. The summed E-state index contributed by atoms with van der Waals surface area (Å²) in [6, 6.07) is 12.3. The molecule has 0 N–H and O–H groups in total. The average molecular weight is 383 g/mol. The van der Waals surface area contributed by atoms with Crippen LogP contribution >= 0.6 is 0 Å². The van der Waals surface area contributed by atoms with E-state index >= 15 is 0 Å². The third-order valence-corrected chi connectivity index (χ3v) is 6.21. The number of aryl methyl sites for hydroxylation is 1. The van der Waals surface area contributed by atoms with Gasteiger partial charge in [-0.2, -0.15) is 5.26 Å². The minimum absolute atomic E-state index is 0.0281. The number of nitrogens with zero attached hydrogens (tertiary/aromatic N) is 5. The fraction of sp³-hybridized carbons (Fsp3) is 0.316. The van der Waals surface area contributed by atoms with Crippen LogP contribution in [0, 0.1) is 11.3 Å². The topological polar surface area (TPSA) is 91.4 Å². The summed E-state index contributed by atoms with van der Waals surface area (Å²) >= 11 is 0. The van der Waals surface area contributed by atoms with Crippen LogP contribution in [-0.4, -0.2) is 29.6 Å². The Morgan fingerprint density at radius 1 is 1.19 bits per heavy atom. The van der Waals surface area contributed by atoms with Gasteiger partial charge in [0.15, 0.2) is 5.65 Å². The molecule has 0 saturated heterocycles. The lowest BCUT2D eigenvalue weighted by Gasteiger charge is -2.22. The van der Waals surface area contributed by atoms with Crippen molar-refractivity contribution < 1.29 is 8.42 Å². The van der Waals surface area contributed by atoms with Crippen LogP contribution in [0.2, 0.25) is 0 Å². The highest BCUT2D eigenvalue weighted by Gasteiger charge is 2.28. The molecule has 2 aromatic heterocycles. The van der Waals surface area contributed by atoms with Crippen LogP contribution in [-0.2, 0) is 16.4 Å². The lowest BCUT2D eigenvalue weighted by molar-refractivity contribution is 0.593. The molecular weight excluding hydrogens is 362 g/mol. The van der Waals surface area contributed by atoms with Crippen LogP contribution < -0.4 is 4.31 Å². The van der Waals surface area contributed by atoms with Crippen molar-refractivity contribution >= 4 is 21.4 Å². The SMILES string of the molecule is CCc1nnc2c(S(=O)(=O)N(CC#N)c3ccc(C(C)C)cc3)cccn12. The van der Waals surface area contributed by atoms with Crippen molar-refractivity contribution in [2.75, 3.05) is 10.8 Å². The van der Waals surface area contributed by atoms with E-state index in [0.29, 0.717) is 23.9 Å². The van der Waals surface area contributed by atoms with Gasteiger partial charge in [0.25, 0.3) is 10.0 Å². The number of aromatic nitrogens is 3. The first-order chi connectivity index (χ1) is 12.9. The van der Waals surface area contributed by atoms with E-state index in [2.05, 4.69) is 24.0 Å². The first-order valence-electron chi connectivity index (χ1n) is 8.72. The zero-order valence-electron chi connectivity index (χ0n) is 15.5. The number of pyridine rings is 1. The summed E-state index contributed by atoms with van der Waals surface area (Å²) in [5.41, 5.74) is 1.80. The number of rotatable bonds is 6. The Balaban J connectivity index is 2.12. The van der Waals surface area contributed by atoms with Crippen LogP contribution in [0.4, 0.5) is 5.69 Å². The molecule has 3 rings (SSSR count). The Kier molecular flexibility index (Phi) is 5.15. The molecule has 1 aromatic carbocycles. The number of nitriles is 1. The molecule has 0 fully saturated rings. The lowest BCUT2D eigenvalue weighted by Crippen LogP contribution is -2.31. The molecule has 0 unspecified atom stereocenters. The Morgan fingerprint density at radius 2 is 1.89 bits per heavy atom. The quantitative estimate of drug-likeness (QED) is 0.610. The van der Waals surface area contributed by atoms with Crippen LogP contribution in [0.15, 0.2) is 47.5 Å². The normalized spacial score (nSPS) is 11.7. The van der Waals surface area contributed by atoms with Crippen LogP contribution in [0.25, 0.3) is 5.65 Å². The van der Waals surface area contributed by atoms with Crippen LogP contribution in [0.3, 0.4) is 0 Å². The van der Waals surface area contributed by atoms with E-state index in [-0.39, 0.29) is 17.1 Å². The number of hydrogen-bond donors (Lipinski definition) is 0. The van der Waals surface area contributed by atoms with Gasteiger partial charge in [-0.25, -0.2) is 8.42 Å². The number of hydrogen-bond acceptors (Lipinski definition) is 5. The van der Waals surface area contributed by atoms with Crippen molar-refractivity contribution in [3.05, 3.63) is 54.0 Å². The largest absolute Gasteiger partial charge is 0.285 e. The summed E-state index contributed by atoms with van der Waals surface area (Å²) in [5.74, 6) is 1.01. The first-order valence-corrected chi connectivity index (χ1v) is 10.2. The van der Waals surface area contributed by atoms with E-state index in [1.807, 2.05) is 25.1 Å². The second kappa shape index (κ2) is 7.37. The van der Waals surface area contributed by atoms with Gasteiger partial charge in [-0.3, -0.25) is 8.71 Å². The summed E-state index contributed by atoms with van der Waals surface area (Å²) in [6.45, 7) is 5.77. The molecule has 0 saturated carbocycles. The predicted octanol–water partition coefficient (Wildman–Crippen LogP) is 3.13.